The maximum Gasteiger partial charge on any atom is 0.0629 e. The van der Waals surface area contributed by atoms with E-state index in [1.165, 1.54) is 32.7 Å². The topological polar surface area (TPSA) is 40.5 Å². The molecule has 2 nitrogen and oxygen atoms in total. The Hall–Kier alpha value is -1.90. The van der Waals surface area contributed by atoms with Crippen LogP contribution in [-0.4, -0.2) is 22.4 Å². The van der Waals surface area contributed by atoms with Crippen LogP contribution in [-0.2, 0) is 12.8 Å². The van der Waals surface area contributed by atoms with E-state index in [-0.39, 0.29) is 23.0 Å². The Morgan fingerprint density at radius 1 is 0.643 bits per heavy atom. The number of hydrogen-bond donors (Lipinski definition) is 2. The van der Waals surface area contributed by atoms with Crippen LogP contribution in [0.1, 0.15) is 52.7 Å². The van der Waals surface area contributed by atoms with Crippen LogP contribution in [0.3, 0.4) is 0 Å². The fourth-order valence-electron chi connectivity index (χ4n) is 3.57. The molecule has 0 aliphatic carbocycles. The van der Waals surface area contributed by atoms with Gasteiger partial charge in [-0.2, -0.15) is 0 Å². The minimum atomic E-state index is -0.387. The lowest BCUT2D eigenvalue weighted by atomic mass is 9.83. The van der Waals surface area contributed by atoms with Crippen LogP contribution in [0, 0.1) is 10.8 Å². The average Bonchev–Trinajstić information content (AvgIpc) is 2.59. The monoisotopic (exact) mass is 378 g/mol. The van der Waals surface area contributed by atoms with Crippen molar-refractivity contribution in [2.45, 2.75) is 66.6 Å². The summed E-state index contributed by atoms with van der Waals surface area (Å²) < 4.78 is 0. The van der Waals surface area contributed by atoms with E-state index < -0.39 is 0 Å². The van der Waals surface area contributed by atoms with E-state index in [4.69, 9.17) is 0 Å². The predicted molar refractivity (Wildman–Crippen MR) is 120 cm³/mol. The second-order valence-electron chi connectivity index (χ2n) is 10.3. The molecular weight excluding hydrogens is 344 g/mol. The van der Waals surface area contributed by atoms with E-state index in [2.05, 4.69) is 90.1 Å². The molecule has 0 aliphatic heterocycles. The molecule has 0 amide bonds. The number of aliphatic hydroxyl groups excluding tert-OH is 2. The highest BCUT2D eigenvalue weighted by atomic mass is 16.3. The van der Waals surface area contributed by atoms with Gasteiger partial charge in [-0.3, -0.25) is 0 Å². The van der Waals surface area contributed by atoms with Gasteiger partial charge < -0.3 is 10.2 Å². The minimum Gasteiger partial charge on any atom is -0.392 e. The molecular formula is C26H34O2. The molecule has 28 heavy (non-hydrogen) atoms. The quantitative estimate of drug-likeness (QED) is 0.556. The van der Waals surface area contributed by atoms with Crippen molar-refractivity contribution in [2.24, 2.45) is 10.8 Å². The Morgan fingerprint density at radius 2 is 1.00 bits per heavy atom. The molecule has 0 spiro atoms. The van der Waals surface area contributed by atoms with E-state index >= 15 is 0 Å². The summed E-state index contributed by atoms with van der Waals surface area (Å²) in [5.41, 5.74) is 2.08. The van der Waals surface area contributed by atoms with Gasteiger partial charge in [0.15, 0.2) is 0 Å². The van der Waals surface area contributed by atoms with Crippen molar-refractivity contribution >= 4 is 21.5 Å². The molecule has 0 saturated heterocycles. The lowest BCUT2D eigenvalue weighted by Crippen LogP contribution is -2.28. The first kappa shape index (κ1) is 20.8. The van der Waals surface area contributed by atoms with Gasteiger partial charge in [-0.15, -0.1) is 0 Å². The van der Waals surface area contributed by atoms with E-state index in [1.54, 1.807) is 0 Å². The smallest absolute Gasteiger partial charge is 0.0629 e. The van der Waals surface area contributed by atoms with Crippen LogP contribution in [0.2, 0.25) is 0 Å². The van der Waals surface area contributed by atoms with E-state index in [1.807, 2.05) is 0 Å². The largest absolute Gasteiger partial charge is 0.392 e. The summed E-state index contributed by atoms with van der Waals surface area (Å²) >= 11 is 0. The third-order valence-electron chi connectivity index (χ3n) is 5.89. The molecule has 3 aromatic rings. The number of rotatable bonds is 4. The van der Waals surface area contributed by atoms with Gasteiger partial charge >= 0.3 is 0 Å². The summed E-state index contributed by atoms with van der Waals surface area (Å²) in [6.07, 6.45) is 0.521. The van der Waals surface area contributed by atoms with E-state index in [9.17, 15) is 10.2 Å². The number of aliphatic hydroxyl groups is 2. The third-order valence-corrected chi connectivity index (χ3v) is 5.89. The van der Waals surface area contributed by atoms with Gasteiger partial charge in [0.25, 0.3) is 0 Å². The second-order valence-corrected chi connectivity index (χ2v) is 10.3. The summed E-state index contributed by atoms with van der Waals surface area (Å²) in [7, 11) is 0. The Kier molecular flexibility index (Phi) is 5.58. The Bertz CT molecular complexity index is 892. The minimum absolute atomic E-state index is 0.144. The second kappa shape index (κ2) is 7.50. The molecule has 0 bridgehead atoms. The van der Waals surface area contributed by atoms with Crippen molar-refractivity contribution in [3.05, 3.63) is 59.7 Å². The van der Waals surface area contributed by atoms with E-state index in [0.29, 0.717) is 12.8 Å². The first-order valence-corrected chi connectivity index (χ1v) is 10.3. The van der Waals surface area contributed by atoms with Gasteiger partial charge in [0.05, 0.1) is 12.2 Å². The lowest BCUT2D eigenvalue weighted by molar-refractivity contribution is 0.0638. The summed E-state index contributed by atoms with van der Waals surface area (Å²) in [5.74, 6) is 0. The Labute approximate surface area is 169 Å². The van der Waals surface area contributed by atoms with Crippen LogP contribution >= 0.6 is 0 Å². The highest BCUT2D eigenvalue weighted by molar-refractivity contribution is 6.01. The lowest BCUT2D eigenvalue weighted by Gasteiger charge is -2.27. The van der Waals surface area contributed by atoms with Crippen LogP contribution < -0.4 is 0 Å². The van der Waals surface area contributed by atoms with Gasteiger partial charge in [-0.1, -0.05) is 77.9 Å². The zero-order valence-electron chi connectivity index (χ0n) is 18.1. The van der Waals surface area contributed by atoms with Crippen molar-refractivity contribution in [3.8, 4) is 0 Å². The third kappa shape index (κ3) is 4.39. The van der Waals surface area contributed by atoms with Crippen molar-refractivity contribution in [1.29, 1.82) is 0 Å². The van der Waals surface area contributed by atoms with Crippen LogP contribution in [0.4, 0.5) is 0 Å². The molecule has 0 radical (unpaired) electrons. The van der Waals surface area contributed by atoms with Crippen molar-refractivity contribution in [1.82, 2.24) is 0 Å². The Balaban J connectivity index is 2.07. The highest BCUT2D eigenvalue weighted by Gasteiger charge is 2.24. The molecule has 0 aliphatic rings. The molecule has 150 valence electrons. The zero-order valence-corrected chi connectivity index (χ0v) is 18.1. The first-order chi connectivity index (χ1) is 13.0. The number of fused-ring (bicyclic) bond motifs is 2. The summed E-state index contributed by atoms with van der Waals surface area (Å²) in [6, 6.07) is 17.1. The Morgan fingerprint density at radius 3 is 1.32 bits per heavy atom. The van der Waals surface area contributed by atoms with Gasteiger partial charge in [0.2, 0.25) is 0 Å². The molecule has 2 unspecified atom stereocenters. The molecule has 2 N–H and O–H groups in total. The van der Waals surface area contributed by atoms with Crippen LogP contribution in [0.5, 0.6) is 0 Å². The standard InChI is InChI=1S/C26H34O2/c1-25(2,3)23(27)15-19-11-7-9-17-14-22-18(13-21(17)19)10-8-12-20(22)16-24(28)26(4,5)6/h7-14,23-24,27-28H,15-16H2,1-6H3. The molecule has 0 aromatic heterocycles. The number of benzene rings is 3. The zero-order chi connectivity index (χ0) is 20.7. The number of hydrogen-bond acceptors (Lipinski definition) is 2. The molecule has 2 atom stereocenters. The summed E-state index contributed by atoms with van der Waals surface area (Å²) in [6.45, 7) is 12.4. The van der Waals surface area contributed by atoms with Gasteiger partial charge in [0.1, 0.15) is 0 Å². The van der Waals surface area contributed by atoms with Crippen molar-refractivity contribution in [3.63, 3.8) is 0 Å². The molecule has 3 aromatic carbocycles. The first-order valence-electron chi connectivity index (χ1n) is 10.3. The van der Waals surface area contributed by atoms with Gasteiger partial charge in [-0.25, -0.2) is 0 Å². The van der Waals surface area contributed by atoms with Crippen LogP contribution in [0.15, 0.2) is 48.5 Å². The fourth-order valence-corrected chi connectivity index (χ4v) is 3.57. The van der Waals surface area contributed by atoms with Gasteiger partial charge in [-0.05, 0) is 68.5 Å². The molecule has 2 heteroatoms. The van der Waals surface area contributed by atoms with Crippen molar-refractivity contribution in [2.75, 3.05) is 0 Å². The average molecular weight is 379 g/mol. The maximum atomic E-state index is 10.6. The molecule has 0 saturated carbocycles. The summed E-state index contributed by atoms with van der Waals surface area (Å²) in [4.78, 5) is 0. The van der Waals surface area contributed by atoms with E-state index in [0.717, 1.165) is 0 Å². The van der Waals surface area contributed by atoms with Gasteiger partial charge in [0, 0.05) is 0 Å². The molecule has 3 rings (SSSR count). The fraction of sp³-hybridized carbons (Fsp3) is 0.462. The van der Waals surface area contributed by atoms with Crippen molar-refractivity contribution < 1.29 is 10.2 Å². The SMILES string of the molecule is CC(C)(C)C(O)Cc1cccc2cc3c(CC(O)C(C)(C)C)cccc3cc12. The molecule has 0 fully saturated rings. The maximum absolute atomic E-state index is 10.6. The summed E-state index contributed by atoms with van der Waals surface area (Å²) in [5, 5.41) is 26.0. The van der Waals surface area contributed by atoms with Crippen LogP contribution in [0.25, 0.3) is 21.5 Å². The predicted octanol–water partition coefficient (Wildman–Crippen LogP) is 5.89. The normalized spacial score (nSPS) is 15.1. The highest BCUT2D eigenvalue weighted by Crippen LogP contribution is 2.32. The molecule has 0 heterocycles.